The van der Waals surface area contributed by atoms with Gasteiger partial charge in [0.2, 0.25) is 0 Å². The molecule has 0 aliphatic heterocycles. The van der Waals surface area contributed by atoms with Crippen LogP contribution in [0.1, 0.15) is 20.3 Å². The monoisotopic (exact) mass is 193 g/mol. The Morgan fingerprint density at radius 3 is 2.57 bits per heavy atom. The standard InChI is InChI=1S/C11H15NO2/c1-7-4-5-9(11(14)12-3)10(6-7)8(2)13/h5-7H,4H2,1-3H3,(H,12,14). The predicted octanol–water partition coefficient (Wildman–Crippen LogP) is 1.21. The van der Waals surface area contributed by atoms with Crippen molar-refractivity contribution in [3.8, 4) is 0 Å². The van der Waals surface area contributed by atoms with E-state index < -0.39 is 0 Å². The average molecular weight is 193 g/mol. The summed E-state index contributed by atoms with van der Waals surface area (Å²) in [5.41, 5.74) is 1.06. The van der Waals surface area contributed by atoms with Gasteiger partial charge in [0, 0.05) is 18.2 Å². The summed E-state index contributed by atoms with van der Waals surface area (Å²) in [6, 6.07) is 0. The Labute approximate surface area is 83.9 Å². The maximum absolute atomic E-state index is 11.4. The molecule has 76 valence electrons. The summed E-state index contributed by atoms with van der Waals surface area (Å²) in [7, 11) is 1.57. The zero-order valence-electron chi connectivity index (χ0n) is 8.76. The highest BCUT2D eigenvalue weighted by Gasteiger charge is 2.20. The van der Waals surface area contributed by atoms with Gasteiger partial charge in [0.15, 0.2) is 5.78 Å². The Morgan fingerprint density at radius 1 is 1.43 bits per heavy atom. The van der Waals surface area contributed by atoms with E-state index in [0.29, 0.717) is 17.1 Å². The lowest BCUT2D eigenvalue weighted by atomic mass is 9.89. The third-order valence-electron chi connectivity index (χ3n) is 2.29. The van der Waals surface area contributed by atoms with Crippen LogP contribution in [0.3, 0.4) is 0 Å². The number of rotatable bonds is 2. The molecule has 0 aromatic rings. The van der Waals surface area contributed by atoms with E-state index in [4.69, 9.17) is 0 Å². The molecule has 0 spiro atoms. The molecule has 14 heavy (non-hydrogen) atoms. The molecule has 3 heteroatoms. The molecule has 0 bridgehead atoms. The van der Waals surface area contributed by atoms with Crippen LogP contribution < -0.4 is 5.32 Å². The number of nitrogens with one attached hydrogen (secondary N) is 1. The summed E-state index contributed by atoms with van der Waals surface area (Å²) in [6.45, 7) is 3.51. The zero-order valence-corrected chi connectivity index (χ0v) is 8.76. The van der Waals surface area contributed by atoms with Crippen molar-refractivity contribution in [1.82, 2.24) is 5.32 Å². The van der Waals surface area contributed by atoms with Gasteiger partial charge in [0.25, 0.3) is 5.91 Å². The van der Waals surface area contributed by atoms with Gasteiger partial charge < -0.3 is 5.32 Å². The van der Waals surface area contributed by atoms with E-state index >= 15 is 0 Å². The largest absolute Gasteiger partial charge is 0.355 e. The van der Waals surface area contributed by atoms with Crippen LogP contribution in [-0.2, 0) is 9.59 Å². The first-order valence-corrected chi connectivity index (χ1v) is 4.71. The normalized spacial score (nSPS) is 20.9. The number of amides is 1. The van der Waals surface area contributed by atoms with Crippen LogP contribution in [0, 0.1) is 5.92 Å². The summed E-state index contributed by atoms with van der Waals surface area (Å²) >= 11 is 0. The van der Waals surface area contributed by atoms with Gasteiger partial charge >= 0.3 is 0 Å². The minimum Gasteiger partial charge on any atom is -0.355 e. The molecular weight excluding hydrogens is 178 g/mol. The second kappa shape index (κ2) is 4.22. The molecule has 1 rings (SSSR count). The minimum atomic E-state index is -0.182. The molecule has 1 amide bonds. The first kappa shape index (κ1) is 10.7. The van der Waals surface area contributed by atoms with Gasteiger partial charge in [-0.1, -0.05) is 19.1 Å². The molecule has 3 nitrogen and oxygen atoms in total. The molecular formula is C11H15NO2. The van der Waals surface area contributed by atoms with E-state index in [0.717, 1.165) is 6.42 Å². The van der Waals surface area contributed by atoms with Crippen LogP contribution in [0.4, 0.5) is 0 Å². The molecule has 1 aliphatic rings. The number of carbonyl (C=O) groups excluding carboxylic acids is 2. The van der Waals surface area contributed by atoms with Crippen molar-refractivity contribution in [3.05, 3.63) is 23.3 Å². The predicted molar refractivity (Wildman–Crippen MR) is 54.7 cm³/mol. The highest BCUT2D eigenvalue weighted by Crippen LogP contribution is 2.23. The van der Waals surface area contributed by atoms with Crippen molar-refractivity contribution in [2.45, 2.75) is 20.3 Å². The van der Waals surface area contributed by atoms with Crippen LogP contribution in [-0.4, -0.2) is 18.7 Å². The van der Waals surface area contributed by atoms with Crippen LogP contribution >= 0.6 is 0 Å². The molecule has 1 N–H and O–H groups in total. The van der Waals surface area contributed by atoms with E-state index in [2.05, 4.69) is 5.32 Å². The van der Waals surface area contributed by atoms with Gasteiger partial charge in [-0.2, -0.15) is 0 Å². The maximum Gasteiger partial charge on any atom is 0.251 e. The number of hydrogen-bond donors (Lipinski definition) is 1. The van der Waals surface area contributed by atoms with Crippen molar-refractivity contribution >= 4 is 11.7 Å². The van der Waals surface area contributed by atoms with Gasteiger partial charge in [-0.15, -0.1) is 0 Å². The fourth-order valence-electron chi connectivity index (χ4n) is 1.51. The third kappa shape index (κ3) is 2.10. The van der Waals surface area contributed by atoms with Crippen molar-refractivity contribution in [3.63, 3.8) is 0 Å². The molecule has 0 aromatic carbocycles. The smallest absolute Gasteiger partial charge is 0.251 e. The highest BCUT2D eigenvalue weighted by molar-refractivity contribution is 6.11. The quantitative estimate of drug-likeness (QED) is 0.716. The molecule has 0 saturated heterocycles. The number of hydrogen-bond acceptors (Lipinski definition) is 2. The van der Waals surface area contributed by atoms with E-state index in [1.165, 1.54) is 6.92 Å². The Morgan fingerprint density at radius 2 is 2.07 bits per heavy atom. The Hall–Kier alpha value is -1.38. The summed E-state index contributed by atoms with van der Waals surface area (Å²) in [5.74, 6) is 0.104. The van der Waals surface area contributed by atoms with Gasteiger partial charge in [0.05, 0.1) is 0 Å². The molecule has 0 aromatic heterocycles. The van der Waals surface area contributed by atoms with E-state index in [-0.39, 0.29) is 11.7 Å². The maximum atomic E-state index is 11.4. The molecule has 1 aliphatic carbocycles. The van der Waals surface area contributed by atoms with E-state index in [1.54, 1.807) is 7.05 Å². The molecule has 1 atom stereocenters. The Bertz CT molecular complexity index is 326. The van der Waals surface area contributed by atoms with E-state index in [1.807, 2.05) is 19.1 Å². The van der Waals surface area contributed by atoms with Crippen LogP contribution in [0.5, 0.6) is 0 Å². The summed E-state index contributed by atoms with van der Waals surface area (Å²) < 4.78 is 0. The van der Waals surface area contributed by atoms with Crippen LogP contribution in [0.2, 0.25) is 0 Å². The van der Waals surface area contributed by atoms with E-state index in [9.17, 15) is 9.59 Å². The van der Waals surface area contributed by atoms with Gasteiger partial charge in [0.1, 0.15) is 0 Å². The lowest BCUT2D eigenvalue weighted by Gasteiger charge is -2.16. The van der Waals surface area contributed by atoms with Gasteiger partial charge in [-0.05, 0) is 19.3 Å². The molecule has 0 fully saturated rings. The fraction of sp³-hybridized carbons (Fsp3) is 0.455. The van der Waals surface area contributed by atoms with Crippen LogP contribution in [0.25, 0.3) is 0 Å². The first-order chi connectivity index (χ1) is 6.56. The SMILES string of the molecule is CNC(=O)C1=CCC(C)C=C1C(C)=O. The lowest BCUT2D eigenvalue weighted by Crippen LogP contribution is -2.24. The Balaban J connectivity index is 3.01. The van der Waals surface area contributed by atoms with Crippen molar-refractivity contribution < 1.29 is 9.59 Å². The van der Waals surface area contributed by atoms with Crippen molar-refractivity contribution in [2.75, 3.05) is 7.05 Å². The molecule has 1 unspecified atom stereocenters. The van der Waals surface area contributed by atoms with Crippen LogP contribution in [0.15, 0.2) is 23.3 Å². The van der Waals surface area contributed by atoms with Crippen molar-refractivity contribution in [2.24, 2.45) is 5.92 Å². The van der Waals surface area contributed by atoms with Gasteiger partial charge in [-0.3, -0.25) is 9.59 Å². The zero-order chi connectivity index (χ0) is 10.7. The number of likely N-dealkylation sites (N-methyl/N-ethyl adjacent to an activating group) is 1. The number of Topliss-reactive ketones (excluding diaryl/α,β-unsaturated/α-hetero) is 1. The minimum absolute atomic E-state index is 0.0496. The second-order valence-electron chi connectivity index (χ2n) is 3.55. The fourth-order valence-corrected chi connectivity index (χ4v) is 1.51. The second-order valence-corrected chi connectivity index (χ2v) is 3.55. The van der Waals surface area contributed by atoms with Gasteiger partial charge in [-0.25, -0.2) is 0 Å². The summed E-state index contributed by atoms with van der Waals surface area (Å²) in [4.78, 5) is 22.7. The molecule has 0 heterocycles. The first-order valence-electron chi connectivity index (χ1n) is 4.71. The number of carbonyl (C=O) groups is 2. The molecule has 0 radical (unpaired) electrons. The molecule has 0 saturated carbocycles. The average Bonchev–Trinajstić information content (AvgIpc) is 2.16. The Kier molecular flexibility index (Phi) is 3.23. The summed E-state index contributed by atoms with van der Waals surface area (Å²) in [5, 5.41) is 2.53. The third-order valence-corrected chi connectivity index (χ3v) is 2.29. The number of allylic oxidation sites excluding steroid dienone is 2. The lowest BCUT2D eigenvalue weighted by molar-refractivity contribution is -0.118. The topological polar surface area (TPSA) is 46.2 Å². The summed E-state index contributed by atoms with van der Waals surface area (Å²) in [6.07, 6.45) is 4.52. The number of ketones is 1. The van der Waals surface area contributed by atoms with Crippen molar-refractivity contribution in [1.29, 1.82) is 0 Å². The highest BCUT2D eigenvalue weighted by atomic mass is 16.2.